The van der Waals surface area contributed by atoms with Crippen LogP contribution in [0.2, 0.25) is 10.0 Å². The quantitative estimate of drug-likeness (QED) is 0.649. The maximum Gasteiger partial charge on any atom is 0.263 e. The Hall–Kier alpha value is -1.14. The molecule has 1 amide bonds. The molecule has 0 radical (unpaired) electrons. The molecule has 1 saturated heterocycles. The highest BCUT2D eigenvalue weighted by Crippen LogP contribution is 2.31. The first-order valence-electron chi connectivity index (χ1n) is 8.97. The third-order valence-electron chi connectivity index (χ3n) is 4.50. The molecule has 1 aliphatic rings. The average molecular weight is 412 g/mol. The zero-order chi connectivity index (χ0) is 18.5. The SMILES string of the molecule is Cc1nc(-c2cc(Cl)cc(Cl)c2)sc1C(=O)NCCCCN1CCCC1. The van der Waals surface area contributed by atoms with Gasteiger partial charge in [-0.25, -0.2) is 4.98 Å². The maximum atomic E-state index is 12.5. The van der Waals surface area contributed by atoms with Crippen molar-refractivity contribution in [2.75, 3.05) is 26.2 Å². The Morgan fingerprint density at radius 2 is 1.88 bits per heavy atom. The normalized spacial score (nSPS) is 14.7. The van der Waals surface area contributed by atoms with Crippen LogP contribution < -0.4 is 5.32 Å². The van der Waals surface area contributed by atoms with Gasteiger partial charge in [-0.3, -0.25) is 4.79 Å². The Morgan fingerprint density at radius 1 is 1.19 bits per heavy atom. The Labute approximate surface area is 168 Å². The fourth-order valence-electron chi connectivity index (χ4n) is 3.16. The average Bonchev–Trinajstić information content (AvgIpc) is 3.23. The van der Waals surface area contributed by atoms with E-state index in [1.54, 1.807) is 6.07 Å². The summed E-state index contributed by atoms with van der Waals surface area (Å²) in [5.74, 6) is -0.0550. The second-order valence-electron chi connectivity index (χ2n) is 6.60. The molecule has 0 aliphatic carbocycles. The van der Waals surface area contributed by atoms with Crippen molar-refractivity contribution >= 4 is 40.4 Å². The van der Waals surface area contributed by atoms with Gasteiger partial charge in [-0.15, -0.1) is 11.3 Å². The van der Waals surface area contributed by atoms with Crippen LogP contribution in [0.1, 0.15) is 41.0 Å². The summed E-state index contributed by atoms with van der Waals surface area (Å²) in [5, 5.41) is 4.89. The molecule has 1 aromatic carbocycles. The number of benzene rings is 1. The summed E-state index contributed by atoms with van der Waals surface area (Å²) in [6.45, 7) is 6.14. The third kappa shape index (κ3) is 5.19. The van der Waals surface area contributed by atoms with Crippen molar-refractivity contribution in [2.24, 2.45) is 0 Å². The van der Waals surface area contributed by atoms with Crippen molar-refractivity contribution in [3.05, 3.63) is 38.8 Å². The molecule has 2 aromatic rings. The van der Waals surface area contributed by atoms with Gasteiger partial charge in [-0.05, 0) is 70.4 Å². The van der Waals surface area contributed by atoms with E-state index < -0.39 is 0 Å². The first-order valence-corrected chi connectivity index (χ1v) is 10.5. The number of hydrogen-bond acceptors (Lipinski definition) is 4. The van der Waals surface area contributed by atoms with Crippen molar-refractivity contribution in [3.8, 4) is 10.6 Å². The van der Waals surface area contributed by atoms with Crippen molar-refractivity contribution in [2.45, 2.75) is 32.6 Å². The fourth-order valence-corrected chi connectivity index (χ4v) is 4.65. The molecule has 0 saturated carbocycles. The van der Waals surface area contributed by atoms with Gasteiger partial charge in [0, 0.05) is 22.2 Å². The number of unbranched alkanes of at least 4 members (excludes halogenated alkanes) is 1. The van der Waals surface area contributed by atoms with Crippen LogP contribution in [0, 0.1) is 6.92 Å². The monoisotopic (exact) mass is 411 g/mol. The minimum Gasteiger partial charge on any atom is -0.351 e. The zero-order valence-corrected chi connectivity index (χ0v) is 17.2. The molecular weight excluding hydrogens is 389 g/mol. The summed E-state index contributed by atoms with van der Waals surface area (Å²) in [7, 11) is 0. The number of likely N-dealkylation sites (tertiary alicyclic amines) is 1. The first-order chi connectivity index (χ1) is 12.5. The lowest BCUT2D eigenvalue weighted by atomic mass is 10.2. The molecule has 3 rings (SSSR count). The summed E-state index contributed by atoms with van der Waals surface area (Å²) in [5.41, 5.74) is 1.57. The Balaban J connectivity index is 1.53. The molecule has 4 nitrogen and oxygen atoms in total. The molecule has 0 atom stereocenters. The van der Waals surface area contributed by atoms with Crippen molar-refractivity contribution in [1.29, 1.82) is 0 Å². The summed E-state index contributed by atoms with van der Waals surface area (Å²) in [4.78, 5) is 20.1. The minimum absolute atomic E-state index is 0.0550. The van der Waals surface area contributed by atoms with E-state index in [0.29, 0.717) is 21.5 Å². The van der Waals surface area contributed by atoms with E-state index in [2.05, 4.69) is 15.2 Å². The second-order valence-corrected chi connectivity index (χ2v) is 8.48. The standard InChI is InChI=1S/C19H23Cl2N3OS/c1-13-17(18(25)22-6-2-3-7-24-8-4-5-9-24)26-19(23-13)14-10-15(20)12-16(21)11-14/h10-12H,2-9H2,1H3,(H,22,25). The minimum atomic E-state index is -0.0550. The lowest BCUT2D eigenvalue weighted by Gasteiger charge is -2.13. The number of aromatic nitrogens is 1. The van der Waals surface area contributed by atoms with Gasteiger partial charge >= 0.3 is 0 Å². The summed E-state index contributed by atoms with van der Waals surface area (Å²) < 4.78 is 0. The lowest BCUT2D eigenvalue weighted by Crippen LogP contribution is -2.26. The van der Waals surface area contributed by atoms with Crippen LogP contribution >= 0.6 is 34.5 Å². The van der Waals surface area contributed by atoms with Gasteiger partial charge in [0.05, 0.1) is 5.69 Å². The maximum absolute atomic E-state index is 12.5. The molecule has 2 heterocycles. The number of nitrogens with zero attached hydrogens (tertiary/aromatic N) is 2. The van der Waals surface area contributed by atoms with Crippen LogP contribution in [0.15, 0.2) is 18.2 Å². The molecule has 7 heteroatoms. The highest BCUT2D eigenvalue weighted by Gasteiger charge is 2.16. The number of halogens is 2. The van der Waals surface area contributed by atoms with E-state index in [1.165, 1.54) is 37.3 Å². The smallest absolute Gasteiger partial charge is 0.263 e. The van der Waals surface area contributed by atoms with E-state index in [0.717, 1.165) is 35.7 Å². The van der Waals surface area contributed by atoms with Gasteiger partial charge in [0.1, 0.15) is 9.88 Å². The van der Waals surface area contributed by atoms with E-state index in [1.807, 2.05) is 19.1 Å². The number of rotatable bonds is 7. The lowest BCUT2D eigenvalue weighted by molar-refractivity contribution is 0.0956. The second kappa shape index (κ2) is 9.18. The van der Waals surface area contributed by atoms with Gasteiger partial charge in [0.25, 0.3) is 5.91 Å². The zero-order valence-electron chi connectivity index (χ0n) is 14.9. The van der Waals surface area contributed by atoms with Crippen LogP contribution in [0.4, 0.5) is 0 Å². The molecule has 0 spiro atoms. The van der Waals surface area contributed by atoms with Crippen molar-refractivity contribution in [3.63, 3.8) is 0 Å². The van der Waals surface area contributed by atoms with Gasteiger partial charge in [0.15, 0.2) is 0 Å². The molecular formula is C19H23Cl2N3OS. The third-order valence-corrected chi connectivity index (χ3v) is 6.14. The molecule has 0 unspecified atom stereocenters. The number of nitrogens with one attached hydrogen (secondary N) is 1. The van der Waals surface area contributed by atoms with E-state index in [-0.39, 0.29) is 5.91 Å². The Kier molecular flexibility index (Phi) is 6.92. The van der Waals surface area contributed by atoms with Crippen LogP contribution in [-0.4, -0.2) is 42.0 Å². The molecule has 1 aromatic heterocycles. The van der Waals surface area contributed by atoms with Crippen LogP contribution in [-0.2, 0) is 0 Å². The van der Waals surface area contributed by atoms with Gasteiger partial charge in [-0.1, -0.05) is 23.2 Å². The van der Waals surface area contributed by atoms with E-state index in [9.17, 15) is 4.79 Å². The highest BCUT2D eigenvalue weighted by molar-refractivity contribution is 7.17. The van der Waals surface area contributed by atoms with Crippen LogP contribution in [0.3, 0.4) is 0 Å². The largest absolute Gasteiger partial charge is 0.351 e. The Bertz CT molecular complexity index is 752. The molecule has 1 fully saturated rings. The van der Waals surface area contributed by atoms with E-state index >= 15 is 0 Å². The van der Waals surface area contributed by atoms with Crippen LogP contribution in [0.25, 0.3) is 10.6 Å². The number of hydrogen-bond donors (Lipinski definition) is 1. The van der Waals surface area contributed by atoms with Gasteiger partial charge < -0.3 is 10.2 Å². The number of carbonyl (C=O) groups excluding carboxylic acids is 1. The van der Waals surface area contributed by atoms with Crippen molar-refractivity contribution in [1.82, 2.24) is 15.2 Å². The molecule has 140 valence electrons. The number of aryl methyl sites for hydroxylation is 1. The molecule has 1 aliphatic heterocycles. The number of thiazole rings is 1. The van der Waals surface area contributed by atoms with Crippen molar-refractivity contribution < 1.29 is 4.79 Å². The fraction of sp³-hybridized carbons (Fsp3) is 0.474. The molecule has 1 N–H and O–H groups in total. The molecule has 26 heavy (non-hydrogen) atoms. The topological polar surface area (TPSA) is 45.2 Å². The summed E-state index contributed by atoms with van der Waals surface area (Å²) >= 11 is 13.5. The predicted molar refractivity (Wildman–Crippen MR) is 110 cm³/mol. The summed E-state index contributed by atoms with van der Waals surface area (Å²) in [6.07, 6.45) is 4.76. The summed E-state index contributed by atoms with van der Waals surface area (Å²) in [6, 6.07) is 5.31. The van der Waals surface area contributed by atoms with Crippen LogP contribution in [0.5, 0.6) is 0 Å². The van der Waals surface area contributed by atoms with Gasteiger partial charge in [0.2, 0.25) is 0 Å². The number of amides is 1. The highest BCUT2D eigenvalue weighted by atomic mass is 35.5. The first kappa shape index (κ1) is 19.6. The predicted octanol–water partition coefficient (Wildman–Crippen LogP) is 5.03. The number of carbonyl (C=O) groups is 1. The molecule has 0 bridgehead atoms. The van der Waals surface area contributed by atoms with Gasteiger partial charge in [-0.2, -0.15) is 0 Å². The Morgan fingerprint density at radius 3 is 2.58 bits per heavy atom. The van der Waals surface area contributed by atoms with E-state index in [4.69, 9.17) is 23.2 Å².